The normalized spacial score (nSPS) is 10.4. The van der Waals surface area contributed by atoms with E-state index in [1.165, 1.54) is 38.1 Å². The van der Waals surface area contributed by atoms with Crippen LogP contribution in [0.4, 0.5) is 8.78 Å². The van der Waals surface area contributed by atoms with Crippen LogP contribution in [0.15, 0.2) is 36.4 Å². The van der Waals surface area contributed by atoms with E-state index in [2.05, 4.69) is 0 Å². The van der Waals surface area contributed by atoms with E-state index in [1.54, 1.807) is 0 Å². The Morgan fingerprint density at radius 2 is 1.10 bits per heavy atom. The molecule has 2 aromatic rings. The number of halogens is 2. The van der Waals surface area contributed by atoms with Crippen LogP contribution < -0.4 is 0 Å². The first-order valence-electron chi connectivity index (χ1n) is 6.01. The summed E-state index contributed by atoms with van der Waals surface area (Å²) in [6, 6.07) is 7.76. The van der Waals surface area contributed by atoms with E-state index >= 15 is 0 Å². The summed E-state index contributed by atoms with van der Waals surface area (Å²) < 4.78 is 27.9. The maximum absolute atomic E-state index is 13.9. The van der Waals surface area contributed by atoms with Crippen LogP contribution in [0.1, 0.15) is 34.6 Å². The van der Waals surface area contributed by atoms with Crippen molar-refractivity contribution >= 4 is 11.6 Å². The van der Waals surface area contributed by atoms with E-state index in [-0.39, 0.29) is 33.8 Å². The number of hydrogen-bond donors (Lipinski definition) is 0. The van der Waals surface area contributed by atoms with Crippen LogP contribution in [0, 0.1) is 11.6 Å². The lowest BCUT2D eigenvalue weighted by molar-refractivity contribution is 0.100. The molecule has 2 nitrogen and oxygen atoms in total. The fourth-order valence-electron chi connectivity index (χ4n) is 1.91. The summed E-state index contributed by atoms with van der Waals surface area (Å²) in [5, 5.41) is 0. The van der Waals surface area contributed by atoms with Crippen LogP contribution in [0.25, 0.3) is 11.1 Å². The average molecular weight is 274 g/mol. The van der Waals surface area contributed by atoms with Crippen LogP contribution in [-0.4, -0.2) is 11.6 Å². The van der Waals surface area contributed by atoms with Gasteiger partial charge in [0.2, 0.25) is 0 Å². The quantitative estimate of drug-likeness (QED) is 0.792. The van der Waals surface area contributed by atoms with Gasteiger partial charge in [0.05, 0.1) is 0 Å². The first kappa shape index (κ1) is 14.1. The van der Waals surface area contributed by atoms with Gasteiger partial charge in [-0.3, -0.25) is 9.59 Å². The van der Waals surface area contributed by atoms with Crippen molar-refractivity contribution in [2.45, 2.75) is 13.8 Å². The first-order valence-corrected chi connectivity index (χ1v) is 6.01. The van der Waals surface area contributed by atoms with Crippen LogP contribution in [0.2, 0.25) is 0 Å². The number of ketones is 2. The molecule has 4 heteroatoms. The van der Waals surface area contributed by atoms with Gasteiger partial charge in [0.25, 0.3) is 0 Å². The van der Waals surface area contributed by atoms with E-state index in [1.807, 2.05) is 0 Å². The SMILES string of the molecule is CC(=O)c1ccc(-c2ccc(C(C)=O)cc2F)c(F)c1. The minimum atomic E-state index is -0.674. The van der Waals surface area contributed by atoms with Gasteiger partial charge in [0.15, 0.2) is 11.6 Å². The van der Waals surface area contributed by atoms with Gasteiger partial charge in [0.1, 0.15) is 11.6 Å². The number of benzene rings is 2. The van der Waals surface area contributed by atoms with Crippen LogP contribution >= 0.6 is 0 Å². The number of carbonyl (C=O) groups is 2. The molecule has 102 valence electrons. The van der Waals surface area contributed by atoms with Crippen LogP contribution in [0.3, 0.4) is 0 Å². The molecule has 0 aliphatic carbocycles. The van der Waals surface area contributed by atoms with Crippen molar-refractivity contribution in [2.24, 2.45) is 0 Å². The molecule has 0 aliphatic rings. The van der Waals surface area contributed by atoms with Crippen molar-refractivity contribution < 1.29 is 18.4 Å². The van der Waals surface area contributed by atoms with Gasteiger partial charge >= 0.3 is 0 Å². The first-order chi connectivity index (χ1) is 9.40. The molecule has 0 spiro atoms. The molecule has 0 N–H and O–H groups in total. The minimum Gasteiger partial charge on any atom is -0.295 e. The zero-order chi connectivity index (χ0) is 14.9. The Morgan fingerprint density at radius 3 is 1.35 bits per heavy atom. The smallest absolute Gasteiger partial charge is 0.159 e. The zero-order valence-electron chi connectivity index (χ0n) is 11.0. The molecule has 2 aromatic carbocycles. The third-order valence-corrected chi connectivity index (χ3v) is 3.04. The molecule has 0 amide bonds. The molecular formula is C16H12F2O2. The highest BCUT2D eigenvalue weighted by atomic mass is 19.1. The van der Waals surface area contributed by atoms with Gasteiger partial charge in [0, 0.05) is 22.3 Å². The minimum absolute atomic E-state index is 0.0580. The third-order valence-electron chi connectivity index (χ3n) is 3.04. The highest BCUT2D eigenvalue weighted by Gasteiger charge is 2.13. The molecule has 0 heterocycles. The molecule has 0 radical (unpaired) electrons. The van der Waals surface area contributed by atoms with Gasteiger partial charge in [-0.1, -0.05) is 24.3 Å². The summed E-state index contributed by atoms with van der Waals surface area (Å²) in [5.41, 5.74) is 0.573. The fourth-order valence-corrected chi connectivity index (χ4v) is 1.91. The van der Waals surface area contributed by atoms with Crippen molar-refractivity contribution in [1.82, 2.24) is 0 Å². The molecule has 0 fully saturated rings. The Bertz CT molecular complexity index is 644. The maximum Gasteiger partial charge on any atom is 0.159 e. The van der Waals surface area contributed by atoms with Crippen molar-refractivity contribution in [3.8, 4) is 11.1 Å². The van der Waals surface area contributed by atoms with Gasteiger partial charge in [-0.2, -0.15) is 0 Å². The van der Waals surface area contributed by atoms with E-state index in [0.717, 1.165) is 12.1 Å². The largest absolute Gasteiger partial charge is 0.295 e. The fraction of sp³-hybridized carbons (Fsp3) is 0.125. The Labute approximate surface area is 115 Å². The predicted molar refractivity (Wildman–Crippen MR) is 71.8 cm³/mol. The topological polar surface area (TPSA) is 34.1 Å². The average Bonchev–Trinajstić information content (AvgIpc) is 2.38. The predicted octanol–water partition coefficient (Wildman–Crippen LogP) is 4.04. The highest BCUT2D eigenvalue weighted by molar-refractivity contribution is 5.95. The molecule has 0 saturated carbocycles. The van der Waals surface area contributed by atoms with E-state index < -0.39 is 11.6 Å². The summed E-state index contributed by atoms with van der Waals surface area (Å²) in [4.78, 5) is 22.3. The van der Waals surface area contributed by atoms with Crippen molar-refractivity contribution in [2.75, 3.05) is 0 Å². The lowest BCUT2D eigenvalue weighted by Gasteiger charge is -2.07. The van der Waals surface area contributed by atoms with Gasteiger partial charge < -0.3 is 0 Å². The van der Waals surface area contributed by atoms with Crippen molar-refractivity contribution in [3.63, 3.8) is 0 Å². The number of Topliss-reactive ketones (excluding diaryl/α,β-unsaturated/α-hetero) is 2. The molecule has 20 heavy (non-hydrogen) atoms. The lowest BCUT2D eigenvalue weighted by atomic mass is 9.99. The Balaban J connectivity index is 2.52. The summed E-state index contributed by atoms with van der Waals surface area (Å²) in [5.74, 6) is -1.87. The van der Waals surface area contributed by atoms with Gasteiger partial charge in [-0.25, -0.2) is 8.78 Å². The molecule has 0 aromatic heterocycles. The highest BCUT2D eigenvalue weighted by Crippen LogP contribution is 2.27. The van der Waals surface area contributed by atoms with Crippen LogP contribution in [-0.2, 0) is 0 Å². The van der Waals surface area contributed by atoms with Crippen LogP contribution in [0.5, 0.6) is 0 Å². The monoisotopic (exact) mass is 274 g/mol. The lowest BCUT2D eigenvalue weighted by Crippen LogP contribution is -1.97. The standard InChI is InChI=1S/C16H12F2O2/c1-9(19)11-3-5-13(15(17)7-11)14-6-4-12(10(2)20)8-16(14)18/h3-8H,1-2H3. The third kappa shape index (κ3) is 2.64. The molecular weight excluding hydrogens is 262 g/mol. The van der Waals surface area contributed by atoms with Gasteiger partial charge in [-0.15, -0.1) is 0 Å². The molecule has 0 atom stereocenters. The van der Waals surface area contributed by atoms with Crippen molar-refractivity contribution in [3.05, 3.63) is 59.2 Å². The maximum atomic E-state index is 13.9. The zero-order valence-corrected chi connectivity index (χ0v) is 11.0. The number of carbonyl (C=O) groups excluding carboxylic acids is 2. The summed E-state index contributed by atoms with van der Waals surface area (Å²) >= 11 is 0. The molecule has 2 rings (SSSR count). The Morgan fingerprint density at radius 1 is 0.750 bits per heavy atom. The Kier molecular flexibility index (Phi) is 3.74. The number of rotatable bonds is 3. The molecule has 0 bridgehead atoms. The summed E-state index contributed by atoms with van der Waals surface area (Å²) in [6.45, 7) is 2.66. The van der Waals surface area contributed by atoms with E-state index in [4.69, 9.17) is 0 Å². The van der Waals surface area contributed by atoms with Crippen molar-refractivity contribution in [1.29, 1.82) is 0 Å². The second kappa shape index (κ2) is 5.33. The second-order valence-electron chi connectivity index (χ2n) is 4.50. The summed E-state index contributed by atoms with van der Waals surface area (Å²) in [7, 11) is 0. The molecule has 0 unspecified atom stereocenters. The summed E-state index contributed by atoms with van der Waals surface area (Å²) in [6.07, 6.45) is 0. The second-order valence-corrected chi connectivity index (χ2v) is 4.50. The molecule has 0 saturated heterocycles. The van der Waals surface area contributed by atoms with E-state index in [0.29, 0.717) is 0 Å². The number of hydrogen-bond acceptors (Lipinski definition) is 2. The van der Waals surface area contributed by atoms with E-state index in [9.17, 15) is 18.4 Å². The van der Waals surface area contributed by atoms with Gasteiger partial charge in [-0.05, 0) is 26.0 Å². The Hall–Kier alpha value is -2.36. The molecule has 0 aliphatic heterocycles.